The molecule has 2 aromatic rings. The molecular weight excluding hydrogens is 522 g/mol. The van der Waals surface area contributed by atoms with Crippen LogP contribution in [-0.4, -0.2) is 80.7 Å². The van der Waals surface area contributed by atoms with Gasteiger partial charge in [-0.05, 0) is 37.5 Å². The molecule has 3 aliphatic heterocycles. The number of Topliss-reactive ketones (excluding diaryl/α,β-unsaturated/α-hetero) is 1. The summed E-state index contributed by atoms with van der Waals surface area (Å²) < 4.78 is 33.2. The molecule has 1 N–H and O–H groups in total. The van der Waals surface area contributed by atoms with Gasteiger partial charge in [0, 0.05) is 57.2 Å². The molecule has 0 aliphatic carbocycles. The van der Waals surface area contributed by atoms with Crippen LogP contribution in [0.1, 0.15) is 36.8 Å². The lowest BCUT2D eigenvalue weighted by Crippen LogP contribution is -2.51. The number of aliphatic hydroxyl groups excluding tert-OH is 1. The molecule has 206 valence electrons. The first-order chi connectivity index (χ1) is 18.7. The van der Waals surface area contributed by atoms with E-state index in [0.29, 0.717) is 37.4 Å². The van der Waals surface area contributed by atoms with Gasteiger partial charge in [0.2, 0.25) is 10.0 Å². The number of likely N-dealkylation sites (tertiary alicyclic amines) is 1. The highest BCUT2D eigenvalue weighted by Crippen LogP contribution is 2.53. The second-order valence-electron chi connectivity index (χ2n) is 9.94. The zero-order valence-electron chi connectivity index (χ0n) is 21.9. The van der Waals surface area contributed by atoms with E-state index < -0.39 is 38.9 Å². The predicted octanol–water partition coefficient (Wildman–Crippen LogP) is 2.45. The van der Waals surface area contributed by atoms with Crippen molar-refractivity contribution in [3.8, 4) is 0 Å². The smallest absolute Gasteiger partial charge is 0.296 e. The normalized spacial score (nSPS) is 23.2. The van der Waals surface area contributed by atoms with E-state index in [-0.39, 0.29) is 22.6 Å². The van der Waals surface area contributed by atoms with Gasteiger partial charge in [0.15, 0.2) is 5.54 Å². The number of rotatable bonds is 7. The standard InChI is InChI=1S/C28H31N3O7S/c1-29-22-13-5-4-12-21(22)28(27(29)35)23(25(33)26(34)31(28)16-9-17-38-2)24(32)19-10-8-11-20(18-19)39(36,37)30-14-6-3-7-15-30/h4-5,8,10-13,18,32H,3,6-7,9,14-17H2,1-2H3/b24-23+. The summed E-state index contributed by atoms with van der Waals surface area (Å²) in [5, 5.41) is 11.6. The summed E-state index contributed by atoms with van der Waals surface area (Å²) in [6.45, 7) is 1.14. The first-order valence-corrected chi connectivity index (χ1v) is 14.4. The summed E-state index contributed by atoms with van der Waals surface area (Å²) in [5.74, 6) is -3.08. The van der Waals surface area contributed by atoms with Crippen molar-refractivity contribution in [2.24, 2.45) is 0 Å². The van der Waals surface area contributed by atoms with E-state index in [1.165, 1.54) is 45.5 Å². The molecular formula is C28H31N3O7S. The van der Waals surface area contributed by atoms with Gasteiger partial charge in [0.25, 0.3) is 17.6 Å². The molecule has 2 aromatic carbocycles. The van der Waals surface area contributed by atoms with Crippen LogP contribution in [0.25, 0.3) is 5.76 Å². The third kappa shape index (κ3) is 4.07. The van der Waals surface area contributed by atoms with E-state index in [0.717, 1.165) is 19.3 Å². The molecule has 1 spiro atoms. The van der Waals surface area contributed by atoms with Crippen LogP contribution in [0.15, 0.2) is 59.0 Å². The summed E-state index contributed by atoms with van der Waals surface area (Å²) in [7, 11) is -0.774. The predicted molar refractivity (Wildman–Crippen MR) is 143 cm³/mol. The topological polar surface area (TPSA) is 125 Å². The first-order valence-electron chi connectivity index (χ1n) is 12.9. The van der Waals surface area contributed by atoms with Crippen LogP contribution in [-0.2, 0) is 34.7 Å². The Bertz CT molecular complexity index is 1480. The number of carbonyl (C=O) groups excluding carboxylic acids is 3. The maximum Gasteiger partial charge on any atom is 0.296 e. The number of sulfonamides is 1. The van der Waals surface area contributed by atoms with Crippen LogP contribution in [0.5, 0.6) is 0 Å². The van der Waals surface area contributed by atoms with Crippen molar-refractivity contribution < 1.29 is 32.6 Å². The monoisotopic (exact) mass is 553 g/mol. The van der Waals surface area contributed by atoms with Crippen LogP contribution in [0.2, 0.25) is 0 Å². The van der Waals surface area contributed by atoms with Gasteiger partial charge in [-0.25, -0.2) is 8.42 Å². The molecule has 1 atom stereocenters. The Kier molecular flexibility index (Phi) is 7.08. The fourth-order valence-electron chi connectivity index (χ4n) is 5.84. The zero-order chi connectivity index (χ0) is 27.9. The summed E-state index contributed by atoms with van der Waals surface area (Å²) in [6.07, 6.45) is 2.85. The maximum atomic E-state index is 14.0. The van der Waals surface area contributed by atoms with Crippen LogP contribution >= 0.6 is 0 Å². The van der Waals surface area contributed by atoms with E-state index >= 15 is 0 Å². The number of amides is 2. The zero-order valence-corrected chi connectivity index (χ0v) is 22.7. The number of carbonyl (C=O) groups is 3. The van der Waals surface area contributed by atoms with E-state index in [2.05, 4.69) is 0 Å². The van der Waals surface area contributed by atoms with E-state index in [1.807, 2.05) is 0 Å². The fraction of sp³-hybridized carbons (Fsp3) is 0.393. The van der Waals surface area contributed by atoms with E-state index in [4.69, 9.17) is 4.74 Å². The summed E-state index contributed by atoms with van der Waals surface area (Å²) in [6, 6.07) is 12.5. The molecule has 0 radical (unpaired) electrons. The van der Waals surface area contributed by atoms with Gasteiger partial charge < -0.3 is 19.6 Å². The van der Waals surface area contributed by atoms with E-state index in [1.54, 1.807) is 31.3 Å². The average molecular weight is 554 g/mol. The number of ether oxygens (including phenoxy) is 1. The Morgan fingerprint density at radius 2 is 1.74 bits per heavy atom. The summed E-state index contributed by atoms with van der Waals surface area (Å²) in [4.78, 5) is 43.5. The summed E-state index contributed by atoms with van der Waals surface area (Å²) >= 11 is 0. The number of anilines is 1. The second kappa shape index (κ2) is 10.2. The lowest BCUT2D eigenvalue weighted by molar-refractivity contribution is -0.143. The highest BCUT2D eigenvalue weighted by atomic mass is 32.2. The molecule has 5 rings (SSSR count). The molecule has 0 aromatic heterocycles. The third-order valence-electron chi connectivity index (χ3n) is 7.73. The van der Waals surface area contributed by atoms with Gasteiger partial charge in [0.1, 0.15) is 5.76 Å². The number of para-hydroxylation sites is 1. The number of fused-ring (bicyclic) bond motifs is 2. The van der Waals surface area contributed by atoms with Gasteiger partial charge in [-0.15, -0.1) is 0 Å². The molecule has 0 bridgehead atoms. The van der Waals surface area contributed by atoms with E-state index in [9.17, 15) is 27.9 Å². The molecule has 2 amide bonds. The molecule has 1 unspecified atom stereocenters. The van der Waals surface area contributed by atoms with Gasteiger partial charge in [-0.3, -0.25) is 14.4 Å². The van der Waals surface area contributed by atoms with Crippen molar-refractivity contribution in [1.29, 1.82) is 0 Å². The molecule has 11 heteroatoms. The number of hydrogen-bond donors (Lipinski definition) is 1. The minimum atomic E-state index is -3.84. The van der Waals surface area contributed by atoms with Crippen molar-refractivity contribution >= 4 is 39.1 Å². The second-order valence-corrected chi connectivity index (χ2v) is 11.9. The molecule has 10 nitrogen and oxygen atoms in total. The molecule has 3 aliphatic rings. The average Bonchev–Trinajstić information content (AvgIpc) is 3.31. The molecule has 2 saturated heterocycles. The first kappa shape index (κ1) is 27.0. The highest BCUT2D eigenvalue weighted by Gasteiger charge is 2.66. The van der Waals surface area contributed by atoms with Crippen molar-refractivity contribution in [3.63, 3.8) is 0 Å². The van der Waals surface area contributed by atoms with Crippen molar-refractivity contribution in [3.05, 3.63) is 65.2 Å². The Balaban J connectivity index is 1.70. The quantitative estimate of drug-likeness (QED) is 0.242. The molecule has 2 fully saturated rings. The van der Waals surface area contributed by atoms with Gasteiger partial charge in [0.05, 0.1) is 10.5 Å². The summed E-state index contributed by atoms with van der Waals surface area (Å²) in [5.41, 5.74) is -1.33. The van der Waals surface area contributed by atoms with Crippen LogP contribution in [0, 0.1) is 0 Å². The van der Waals surface area contributed by atoms with Crippen molar-refractivity contribution in [1.82, 2.24) is 9.21 Å². The van der Waals surface area contributed by atoms with Crippen molar-refractivity contribution in [2.75, 3.05) is 45.3 Å². The highest BCUT2D eigenvalue weighted by molar-refractivity contribution is 7.89. The number of aliphatic hydroxyl groups is 1. The number of nitrogens with zero attached hydrogens (tertiary/aromatic N) is 3. The number of ketones is 1. The molecule has 0 saturated carbocycles. The fourth-order valence-corrected chi connectivity index (χ4v) is 7.40. The largest absolute Gasteiger partial charge is 0.507 e. The Labute approximate surface area is 227 Å². The number of piperidine rings is 1. The maximum absolute atomic E-state index is 14.0. The minimum absolute atomic E-state index is 0.0298. The third-order valence-corrected chi connectivity index (χ3v) is 9.62. The van der Waals surface area contributed by atoms with Gasteiger partial charge in [-0.2, -0.15) is 4.31 Å². The number of benzene rings is 2. The Morgan fingerprint density at radius 3 is 2.46 bits per heavy atom. The Morgan fingerprint density at radius 1 is 1.03 bits per heavy atom. The van der Waals surface area contributed by atoms with Gasteiger partial charge >= 0.3 is 0 Å². The number of likely N-dealkylation sites (N-methyl/N-ethyl adjacent to an activating group) is 1. The van der Waals surface area contributed by atoms with Crippen LogP contribution < -0.4 is 4.90 Å². The molecule has 39 heavy (non-hydrogen) atoms. The van der Waals surface area contributed by atoms with Crippen molar-refractivity contribution in [2.45, 2.75) is 36.1 Å². The van der Waals surface area contributed by atoms with Crippen LogP contribution in [0.4, 0.5) is 5.69 Å². The number of methoxy groups -OCH3 is 1. The number of hydrogen-bond acceptors (Lipinski definition) is 7. The Hall–Kier alpha value is -3.54. The lowest BCUT2D eigenvalue weighted by atomic mass is 9.82. The lowest BCUT2D eigenvalue weighted by Gasteiger charge is -2.34. The van der Waals surface area contributed by atoms with Crippen LogP contribution in [0.3, 0.4) is 0 Å². The minimum Gasteiger partial charge on any atom is -0.507 e. The molecule has 3 heterocycles. The SMILES string of the molecule is COCCCN1C(=O)C(=O)/C(=C(\O)c2cccc(S(=O)(=O)N3CCCCC3)c2)C12C(=O)N(C)c1ccccc12. The van der Waals surface area contributed by atoms with Gasteiger partial charge in [-0.1, -0.05) is 36.8 Å².